The lowest BCUT2D eigenvalue weighted by atomic mass is 9.65. The fourth-order valence-electron chi connectivity index (χ4n) is 5.50. The zero-order valence-electron chi connectivity index (χ0n) is 17.0. The van der Waals surface area contributed by atoms with Crippen LogP contribution in [0.4, 0.5) is 0 Å². The average Bonchev–Trinajstić information content (AvgIpc) is 2.89. The van der Waals surface area contributed by atoms with E-state index in [1.54, 1.807) is 13.3 Å². The van der Waals surface area contributed by atoms with Crippen LogP contribution in [-0.4, -0.2) is 35.5 Å². The maximum Gasteiger partial charge on any atom is 0.254 e. The van der Waals surface area contributed by atoms with Crippen LogP contribution in [0.25, 0.3) is 11.1 Å². The Hall–Kier alpha value is -2.07. The molecule has 5 heteroatoms. The van der Waals surface area contributed by atoms with Gasteiger partial charge in [-0.15, -0.1) is 0 Å². The summed E-state index contributed by atoms with van der Waals surface area (Å²) in [5.41, 5.74) is 2.80. The van der Waals surface area contributed by atoms with Gasteiger partial charge in [0.15, 0.2) is 0 Å². The van der Waals surface area contributed by atoms with E-state index in [1.165, 1.54) is 6.42 Å². The van der Waals surface area contributed by atoms with E-state index in [0.717, 1.165) is 30.5 Å². The Morgan fingerprint density at radius 1 is 1.21 bits per heavy atom. The quantitative estimate of drug-likeness (QED) is 0.645. The van der Waals surface area contributed by atoms with Gasteiger partial charge in [-0.25, -0.2) is 4.98 Å². The first-order valence-electron chi connectivity index (χ1n) is 9.81. The molecule has 148 valence electrons. The molecule has 2 bridgehead atoms. The van der Waals surface area contributed by atoms with Gasteiger partial charge in [0.25, 0.3) is 5.91 Å². The number of fused-ring (bicyclic) bond motifs is 2. The Kier molecular flexibility index (Phi) is 4.65. The molecule has 0 spiro atoms. The molecule has 4 rings (SSSR count). The summed E-state index contributed by atoms with van der Waals surface area (Å²) in [6.07, 6.45) is 4.99. The molecule has 1 aliphatic heterocycles. The summed E-state index contributed by atoms with van der Waals surface area (Å²) in [5, 5.41) is 0.420. The highest BCUT2D eigenvalue weighted by Crippen LogP contribution is 2.52. The number of aromatic nitrogens is 1. The average molecular weight is 399 g/mol. The molecule has 2 heterocycles. The second-order valence-electron chi connectivity index (χ2n) is 9.40. The van der Waals surface area contributed by atoms with Crippen LogP contribution in [0.5, 0.6) is 5.75 Å². The van der Waals surface area contributed by atoms with Gasteiger partial charge in [-0.3, -0.25) is 4.79 Å². The van der Waals surface area contributed by atoms with E-state index >= 15 is 0 Å². The predicted molar refractivity (Wildman–Crippen MR) is 112 cm³/mol. The number of benzene rings is 1. The molecule has 2 atom stereocenters. The first kappa shape index (κ1) is 19.3. The third-order valence-corrected chi connectivity index (χ3v) is 6.47. The van der Waals surface area contributed by atoms with Crippen molar-refractivity contribution in [1.29, 1.82) is 0 Å². The minimum atomic E-state index is 0.0913. The molecule has 1 amide bonds. The number of carbonyl (C=O) groups excluding carboxylic acids is 1. The number of hydrogen-bond donors (Lipinski definition) is 0. The van der Waals surface area contributed by atoms with E-state index in [4.69, 9.17) is 16.3 Å². The molecule has 0 radical (unpaired) electrons. The van der Waals surface area contributed by atoms with Crippen LogP contribution in [-0.2, 0) is 0 Å². The third kappa shape index (κ3) is 3.39. The smallest absolute Gasteiger partial charge is 0.254 e. The Bertz CT molecular complexity index is 927. The van der Waals surface area contributed by atoms with Crippen molar-refractivity contribution in [2.24, 2.45) is 10.8 Å². The minimum Gasteiger partial charge on any atom is -0.496 e. The number of rotatable bonds is 3. The highest BCUT2D eigenvalue weighted by Gasteiger charge is 2.51. The van der Waals surface area contributed by atoms with Crippen molar-refractivity contribution in [2.75, 3.05) is 13.7 Å². The molecule has 28 heavy (non-hydrogen) atoms. The van der Waals surface area contributed by atoms with Crippen molar-refractivity contribution in [1.82, 2.24) is 9.88 Å². The molecule has 2 aliphatic rings. The summed E-state index contributed by atoms with van der Waals surface area (Å²) in [6.45, 7) is 7.79. The fraction of sp³-hybridized carbons (Fsp3) is 0.478. The molecule has 0 N–H and O–H groups in total. The molecule has 2 fully saturated rings. The molecule has 1 saturated carbocycles. The predicted octanol–water partition coefficient (Wildman–Crippen LogP) is 5.45. The van der Waals surface area contributed by atoms with Gasteiger partial charge in [0.05, 0.1) is 7.11 Å². The Morgan fingerprint density at radius 3 is 2.71 bits per heavy atom. The maximum absolute atomic E-state index is 13.4. The fourth-order valence-corrected chi connectivity index (χ4v) is 5.72. The van der Waals surface area contributed by atoms with Crippen LogP contribution in [0.15, 0.2) is 36.5 Å². The molecule has 0 unspecified atom stereocenters. The number of halogens is 1. The van der Waals surface area contributed by atoms with E-state index in [1.807, 2.05) is 30.3 Å². The summed E-state index contributed by atoms with van der Waals surface area (Å²) in [5.74, 6) is 0.725. The Morgan fingerprint density at radius 2 is 2.00 bits per heavy atom. The summed E-state index contributed by atoms with van der Waals surface area (Å²) in [4.78, 5) is 19.6. The number of amides is 1. The van der Waals surface area contributed by atoms with Crippen molar-refractivity contribution in [3.63, 3.8) is 0 Å². The first-order valence-corrected chi connectivity index (χ1v) is 10.2. The summed E-state index contributed by atoms with van der Waals surface area (Å²) in [7, 11) is 1.61. The van der Waals surface area contributed by atoms with E-state index in [-0.39, 0.29) is 16.7 Å². The molecule has 1 aromatic heterocycles. The van der Waals surface area contributed by atoms with Crippen LogP contribution in [0, 0.1) is 10.8 Å². The van der Waals surface area contributed by atoms with Gasteiger partial charge in [-0.1, -0.05) is 32.4 Å². The zero-order valence-corrected chi connectivity index (χ0v) is 17.7. The van der Waals surface area contributed by atoms with Gasteiger partial charge in [0.2, 0.25) is 0 Å². The van der Waals surface area contributed by atoms with Crippen molar-refractivity contribution >= 4 is 17.5 Å². The van der Waals surface area contributed by atoms with Crippen LogP contribution < -0.4 is 4.74 Å². The first-order chi connectivity index (χ1) is 13.2. The molecule has 1 aliphatic carbocycles. The maximum atomic E-state index is 13.4. The van der Waals surface area contributed by atoms with Crippen molar-refractivity contribution in [3.8, 4) is 16.9 Å². The summed E-state index contributed by atoms with van der Waals surface area (Å²) in [6, 6.07) is 9.67. The van der Waals surface area contributed by atoms with E-state index in [9.17, 15) is 4.79 Å². The Balaban J connectivity index is 1.65. The lowest BCUT2D eigenvalue weighted by Crippen LogP contribution is -2.37. The second-order valence-corrected chi connectivity index (χ2v) is 9.76. The van der Waals surface area contributed by atoms with Gasteiger partial charge >= 0.3 is 0 Å². The van der Waals surface area contributed by atoms with Gasteiger partial charge in [-0.2, -0.15) is 0 Å². The molecule has 2 aromatic rings. The largest absolute Gasteiger partial charge is 0.496 e. The lowest BCUT2D eigenvalue weighted by molar-refractivity contribution is 0.0708. The van der Waals surface area contributed by atoms with E-state index in [0.29, 0.717) is 22.5 Å². The minimum absolute atomic E-state index is 0.0913. The Labute approximate surface area is 171 Å². The monoisotopic (exact) mass is 398 g/mol. The van der Waals surface area contributed by atoms with E-state index in [2.05, 4.69) is 30.7 Å². The molecular weight excluding hydrogens is 372 g/mol. The molecule has 1 aromatic carbocycles. The molecular formula is C23H27ClN2O2. The van der Waals surface area contributed by atoms with Gasteiger partial charge in [-0.05, 0) is 60.4 Å². The van der Waals surface area contributed by atoms with Crippen LogP contribution in [0.1, 0.15) is 50.4 Å². The number of likely N-dealkylation sites (tertiary alicyclic amines) is 1. The number of methoxy groups -OCH3 is 1. The van der Waals surface area contributed by atoms with Gasteiger partial charge in [0, 0.05) is 35.5 Å². The second kappa shape index (κ2) is 6.77. The van der Waals surface area contributed by atoms with Gasteiger partial charge in [0.1, 0.15) is 10.9 Å². The standard InChI is InChI=1S/C23H27ClN2O2/c1-22(2)11-16-12-23(3,13-22)14-26(16)21(27)15-7-8-17(19(10-15)28-4)18-6-5-9-25-20(18)24/h5-10,16H,11-14H2,1-4H3/t16-,23-/m1/s1. The lowest BCUT2D eigenvalue weighted by Gasteiger charge is -2.39. The van der Waals surface area contributed by atoms with Gasteiger partial charge < -0.3 is 9.64 Å². The van der Waals surface area contributed by atoms with Crippen LogP contribution in [0.2, 0.25) is 5.15 Å². The molecule has 1 saturated heterocycles. The highest BCUT2D eigenvalue weighted by atomic mass is 35.5. The van der Waals surface area contributed by atoms with E-state index < -0.39 is 0 Å². The number of nitrogens with zero attached hydrogens (tertiary/aromatic N) is 2. The van der Waals surface area contributed by atoms with Crippen LogP contribution >= 0.6 is 11.6 Å². The highest BCUT2D eigenvalue weighted by molar-refractivity contribution is 6.32. The van der Waals surface area contributed by atoms with Crippen LogP contribution in [0.3, 0.4) is 0 Å². The normalized spacial score (nSPS) is 25.6. The van der Waals surface area contributed by atoms with Crippen molar-refractivity contribution < 1.29 is 9.53 Å². The molecule has 4 nitrogen and oxygen atoms in total. The van der Waals surface area contributed by atoms with Crippen molar-refractivity contribution in [2.45, 2.75) is 46.1 Å². The SMILES string of the molecule is COc1cc(C(=O)N2C[C@]3(C)C[C@H]2CC(C)(C)C3)ccc1-c1cccnc1Cl. The number of hydrogen-bond acceptors (Lipinski definition) is 3. The number of ether oxygens (including phenoxy) is 1. The third-order valence-electron chi connectivity index (χ3n) is 6.17. The summed E-state index contributed by atoms with van der Waals surface area (Å²) >= 11 is 6.25. The zero-order chi connectivity index (χ0) is 20.1. The van der Waals surface area contributed by atoms with Crippen molar-refractivity contribution in [3.05, 3.63) is 47.2 Å². The number of carbonyl (C=O) groups is 1. The summed E-state index contributed by atoms with van der Waals surface area (Å²) < 4.78 is 5.59. The topological polar surface area (TPSA) is 42.4 Å². The number of pyridine rings is 1.